The number of hydrogen-bond acceptors (Lipinski definition) is 1. The molecule has 0 heterocycles. The molecule has 0 atom stereocenters. The van der Waals surface area contributed by atoms with Crippen molar-refractivity contribution in [2.75, 3.05) is 17.7 Å². The van der Waals surface area contributed by atoms with E-state index in [1.54, 1.807) is 0 Å². The first-order chi connectivity index (χ1) is 6.33. The van der Waals surface area contributed by atoms with Gasteiger partial charge < -0.3 is 5.32 Å². The van der Waals surface area contributed by atoms with Gasteiger partial charge in [-0.1, -0.05) is 12.2 Å². The van der Waals surface area contributed by atoms with Gasteiger partial charge in [0.05, 0.1) is 0 Å². The molecule has 13 heavy (non-hydrogen) atoms. The first-order valence-corrected chi connectivity index (χ1v) is 5.64. The molecule has 0 radical (unpaired) electrons. The third-order valence-corrected chi connectivity index (χ3v) is 2.42. The second-order valence-corrected chi connectivity index (χ2v) is 4.07. The number of halogens is 2. The number of benzene rings is 1. The predicted molar refractivity (Wildman–Crippen MR) is 67.5 cm³/mol. The Morgan fingerprint density at radius 1 is 1.23 bits per heavy atom. The minimum Gasteiger partial charge on any atom is -0.382 e. The molecule has 1 N–H and O–H groups in total. The summed E-state index contributed by atoms with van der Waals surface area (Å²) in [4.78, 5) is 0. The molecule has 1 aromatic carbocycles. The molecule has 3 heteroatoms. The first-order valence-electron chi connectivity index (χ1n) is 4.03. The Balaban J connectivity index is 2.37. The molecule has 1 rings (SSSR count). The largest absolute Gasteiger partial charge is 0.382 e. The molecule has 0 amide bonds. The van der Waals surface area contributed by atoms with E-state index in [4.69, 9.17) is 11.6 Å². The van der Waals surface area contributed by atoms with Crippen molar-refractivity contribution in [1.82, 2.24) is 0 Å². The summed E-state index contributed by atoms with van der Waals surface area (Å²) in [6.45, 7) is 0.827. The van der Waals surface area contributed by atoms with E-state index in [0.717, 1.165) is 12.2 Å². The number of rotatable bonds is 4. The van der Waals surface area contributed by atoms with Crippen LogP contribution in [-0.2, 0) is 0 Å². The molecule has 0 spiro atoms. The van der Waals surface area contributed by atoms with Crippen molar-refractivity contribution in [3.05, 3.63) is 40.0 Å². The zero-order valence-corrected chi connectivity index (χ0v) is 10.0. The fourth-order valence-corrected chi connectivity index (χ4v) is 1.38. The molecule has 0 fully saturated rings. The van der Waals surface area contributed by atoms with E-state index in [-0.39, 0.29) is 0 Å². The van der Waals surface area contributed by atoms with E-state index in [1.807, 2.05) is 12.2 Å². The molecular formula is C10H11ClIN. The van der Waals surface area contributed by atoms with Crippen LogP contribution in [-0.4, -0.2) is 12.4 Å². The quantitative estimate of drug-likeness (QED) is 0.510. The average Bonchev–Trinajstić information content (AvgIpc) is 2.15. The zero-order valence-electron chi connectivity index (χ0n) is 7.13. The molecule has 0 aliphatic heterocycles. The van der Waals surface area contributed by atoms with Gasteiger partial charge in [0.25, 0.3) is 0 Å². The minimum absolute atomic E-state index is 0.578. The molecule has 0 saturated heterocycles. The summed E-state index contributed by atoms with van der Waals surface area (Å²) in [5, 5.41) is 3.26. The van der Waals surface area contributed by atoms with Crippen molar-refractivity contribution >= 4 is 39.9 Å². The second-order valence-electron chi connectivity index (χ2n) is 2.51. The van der Waals surface area contributed by atoms with Gasteiger partial charge in [-0.3, -0.25) is 0 Å². The number of allylic oxidation sites excluding steroid dienone is 1. The predicted octanol–water partition coefficient (Wildman–Crippen LogP) is 3.50. The van der Waals surface area contributed by atoms with Crippen molar-refractivity contribution in [3.8, 4) is 0 Å². The Kier molecular flexibility index (Phi) is 5.23. The van der Waals surface area contributed by atoms with Gasteiger partial charge in [0.1, 0.15) is 0 Å². The zero-order chi connectivity index (χ0) is 9.52. The lowest BCUT2D eigenvalue weighted by Crippen LogP contribution is -1.97. The third kappa shape index (κ3) is 4.52. The minimum atomic E-state index is 0.578. The summed E-state index contributed by atoms with van der Waals surface area (Å²) in [5.41, 5.74) is 1.14. The van der Waals surface area contributed by atoms with Crippen molar-refractivity contribution in [2.45, 2.75) is 0 Å². The lowest BCUT2D eigenvalue weighted by atomic mass is 10.3. The highest BCUT2D eigenvalue weighted by Gasteiger charge is 1.88. The molecule has 0 aliphatic rings. The van der Waals surface area contributed by atoms with E-state index < -0.39 is 0 Å². The van der Waals surface area contributed by atoms with E-state index >= 15 is 0 Å². The van der Waals surface area contributed by atoms with E-state index in [0.29, 0.717) is 5.88 Å². The lowest BCUT2D eigenvalue weighted by Gasteiger charge is -2.02. The van der Waals surface area contributed by atoms with Crippen LogP contribution < -0.4 is 5.32 Å². The standard InChI is InChI=1S/C10H11ClIN/c11-7-1-2-8-13-10-5-3-9(12)4-6-10/h1-6,13H,7-8H2/b2-1+. The number of hydrogen-bond donors (Lipinski definition) is 1. The van der Waals surface area contributed by atoms with Gasteiger partial charge in [-0.25, -0.2) is 0 Å². The topological polar surface area (TPSA) is 12.0 Å². The second kappa shape index (κ2) is 6.27. The molecular weight excluding hydrogens is 296 g/mol. The number of nitrogens with one attached hydrogen (secondary N) is 1. The normalized spacial score (nSPS) is 10.6. The van der Waals surface area contributed by atoms with Gasteiger partial charge in [-0.05, 0) is 46.9 Å². The van der Waals surface area contributed by atoms with E-state index in [1.165, 1.54) is 3.57 Å². The Labute approximate surface area is 97.3 Å². The van der Waals surface area contributed by atoms with Gasteiger partial charge in [0, 0.05) is 21.7 Å². The van der Waals surface area contributed by atoms with Gasteiger partial charge in [-0.15, -0.1) is 11.6 Å². The lowest BCUT2D eigenvalue weighted by molar-refractivity contribution is 1.32. The summed E-state index contributed by atoms with van der Waals surface area (Å²) in [6, 6.07) is 8.29. The summed E-state index contributed by atoms with van der Waals surface area (Å²) in [6.07, 6.45) is 3.95. The highest BCUT2D eigenvalue weighted by Crippen LogP contribution is 2.10. The first kappa shape index (κ1) is 10.9. The highest BCUT2D eigenvalue weighted by atomic mass is 127. The maximum absolute atomic E-state index is 5.49. The van der Waals surface area contributed by atoms with Crippen LogP contribution in [0.15, 0.2) is 36.4 Å². The fraction of sp³-hybridized carbons (Fsp3) is 0.200. The average molecular weight is 308 g/mol. The van der Waals surface area contributed by atoms with Crippen LogP contribution in [0.1, 0.15) is 0 Å². The van der Waals surface area contributed by atoms with Crippen LogP contribution in [0.25, 0.3) is 0 Å². The summed E-state index contributed by atoms with van der Waals surface area (Å²) < 4.78 is 1.25. The summed E-state index contributed by atoms with van der Waals surface area (Å²) in [5.74, 6) is 0.578. The molecule has 0 aromatic heterocycles. The molecule has 0 aliphatic carbocycles. The SMILES string of the molecule is ClC/C=C/CNc1ccc(I)cc1. The summed E-state index contributed by atoms with van der Waals surface area (Å²) in [7, 11) is 0. The van der Waals surface area contributed by atoms with Crippen LogP contribution >= 0.6 is 34.2 Å². The van der Waals surface area contributed by atoms with Crippen molar-refractivity contribution in [1.29, 1.82) is 0 Å². The maximum Gasteiger partial charge on any atom is 0.0404 e. The van der Waals surface area contributed by atoms with Crippen molar-refractivity contribution in [2.24, 2.45) is 0 Å². The molecule has 70 valence electrons. The van der Waals surface area contributed by atoms with Gasteiger partial charge in [-0.2, -0.15) is 0 Å². The smallest absolute Gasteiger partial charge is 0.0404 e. The molecule has 0 saturated carbocycles. The summed E-state index contributed by atoms with van der Waals surface area (Å²) >= 11 is 7.78. The van der Waals surface area contributed by atoms with E-state index in [9.17, 15) is 0 Å². The Morgan fingerprint density at radius 2 is 1.92 bits per heavy atom. The van der Waals surface area contributed by atoms with Crippen molar-refractivity contribution < 1.29 is 0 Å². The highest BCUT2D eigenvalue weighted by molar-refractivity contribution is 14.1. The van der Waals surface area contributed by atoms with Crippen LogP contribution in [0.3, 0.4) is 0 Å². The van der Waals surface area contributed by atoms with Crippen LogP contribution in [0.4, 0.5) is 5.69 Å². The monoisotopic (exact) mass is 307 g/mol. The van der Waals surface area contributed by atoms with Gasteiger partial charge in [0.15, 0.2) is 0 Å². The Bertz CT molecular complexity index is 269. The van der Waals surface area contributed by atoms with Gasteiger partial charge >= 0.3 is 0 Å². The van der Waals surface area contributed by atoms with Gasteiger partial charge in [0.2, 0.25) is 0 Å². The molecule has 0 unspecified atom stereocenters. The molecule has 0 bridgehead atoms. The third-order valence-electron chi connectivity index (χ3n) is 1.52. The fourth-order valence-electron chi connectivity index (χ4n) is 0.891. The van der Waals surface area contributed by atoms with Crippen molar-refractivity contribution in [3.63, 3.8) is 0 Å². The van der Waals surface area contributed by atoms with Crippen LogP contribution in [0.5, 0.6) is 0 Å². The van der Waals surface area contributed by atoms with Crippen LogP contribution in [0, 0.1) is 3.57 Å². The maximum atomic E-state index is 5.49. The molecule has 1 aromatic rings. The number of anilines is 1. The Hall–Kier alpha value is -0.220. The molecule has 1 nitrogen and oxygen atoms in total. The van der Waals surface area contributed by atoms with E-state index in [2.05, 4.69) is 52.2 Å². The Morgan fingerprint density at radius 3 is 2.54 bits per heavy atom. The number of alkyl halides is 1. The van der Waals surface area contributed by atoms with Crippen LogP contribution in [0.2, 0.25) is 0 Å².